The zero-order chi connectivity index (χ0) is 14.1. The number of benzene rings is 1. The maximum Gasteiger partial charge on any atom is 0.127 e. The molecular weight excluding hydrogens is 242 g/mol. The molecule has 0 aliphatic heterocycles. The van der Waals surface area contributed by atoms with Gasteiger partial charge in [-0.15, -0.1) is 0 Å². The van der Waals surface area contributed by atoms with Gasteiger partial charge in [0, 0.05) is 18.2 Å². The first kappa shape index (κ1) is 15.8. The number of hydrogen-bond acceptors (Lipinski definition) is 4. The number of hydrogen-bond donors (Lipinski definition) is 2. The second kappa shape index (κ2) is 8.77. The Morgan fingerprint density at radius 2 is 2.05 bits per heavy atom. The Morgan fingerprint density at radius 1 is 1.26 bits per heavy atom. The van der Waals surface area contributed by atoms with Crippen LogP contribution < -0.4 is 14.8 Å². The van der Waals surface area contributed by atoms with E-state index in [9.17, 15) is 5.11 Å². The largest absolute Gasteiger partial charge is 0.493 e. The molecule has 0 fully saturated rings. The van der Waals surface area contributed by atoms with E-state index in [2.05, 4.69) is 12.2 Å². The topological polar surface area (TPSA) is 50.7 Å². The minimum absolute atomic E-state index is 0.310. The molecular formula is C15H25NO3. The standard InChI is InChI=1S/C15H25NO3/c1-4-8-18-14-7-6-12(10-16-3)15(9-14)19-11-13(17)5-2/h6-7,9,13,16-17H,4-5,8,10-11H2,1-3H3. The summed E-state index contributed by atoms with van der Waals surface area (Å²) >= 11 is 0. The lowest BCUT2D eigenvalue weighted by Gasteiger charge is -2.15. The molecule has 1 atom stereocenters. The molecule has 1 aromatic rings. The van der Waals surface area contributed by atoms with Crippen molar-refractivity contribution in [3.8, 4) is 11.5 Å². The average molecular weight is 267 g/mol. The van der Waals surface area contributed by atoms with Crippen molar-refractivity contribution in [3.63, 3.8) is 0 Å². The van der Waals surface area contributed by atoms with Crippen LogP contribution >= 0.6 is 0 Å². The molecule has 0 saturated carbocycles. The van der Waals surface area contributed by atoms with E-state index in [1.807, 2.05) is 32.2 Å². The minimum atomic E-state index is -0.428. The molecule has 1 unspecified atom stereocenters. The van der Waals surface area contributed by atoms with Crippen LogP contribution in [0.4, 0.5) is 0 Å². The van der Waals surface area contributed by atoms with Crippen LogP contribution in [-0.2, 0) is 6.54 Å². The normalized spacial score (nSPS) is 12.2. The fourth-order valence-corrected chi connectivity index (χ4v) is 1.62. The Hall–Kier alpha value is -1.26. The molecule has 1 aromatic carbocycles. The summed E-state index contributed by atoms with van der Waals surface area (Å²) in [6.07, 6.45) is 1.23. The third kappa shape index (κ3) is 5.49. The third-order valence-corrected chi connectivity index (χ3v) is 2.78. The summed E-state index contributed by atoms with van der Waals surface area (Å²) in [6, 6.07) is 5.84. The van der Waals surface area contributed by atoms with Gasteiger partial charge in [-0.1, -0.05) is 19.9 Å². The van der Waals surface area contributed by atoms with Crippen molar-refractivity contribution in [1.82, 2.24) is 5.32 Å². The molecule has 0 spiro atoms. The van der Waals surface area contributed by atoms with Gasteiger partial charge in [-0.05, 0) is 26.0 Å². The lowest BCUT2D eigenvalue weighted by molar-refractivity contribution is 0.103. The summed E-state index contributed by atoms with van der Waals surface area (Å²) in [5.41, 5.74) is 1.06. The summed E-state index contributed by atoms with van der Waals surface area (Å²) in [5, 5.41) is 12.7. The van der Waals surface area contributed by atoms with Crippen LogP contribution in [0.2, 0.25) is 0 Å². The smallest absolute Gasteiger partial charge is 0.127 e. The zero-order valence-corrected chi connectivity index (χ0v) is 12.1. The van der Waals surface area contributed by atoms with Crippen LogP contribution in [0.5, 0.6) is 11.5 Å². The van der Waals surface area contributed by atoms with E-state index >= 15 is 0 Å². The quantitative estimate of drug-likeness (QED) is 0.721. The molecule has 2 N–H and O–H groups in total. The minimum Gasteiger partial charge on any atom is -0.493 e. The van der Waals surface area contributed by atoms with E-state index in [4.69, 9.17) is 9.47 Å². The number of rotatable bonds is 9. The Labute approximate surface area is 115 Å². The molecule has 108 valence electrons. The van der Waals surface area contributed by atoms with Gasteiger partial charge >= 0.3 is 0 Å². The van der Waals surface area contributed by atoms with Crippen LogP contribution in [0.15, 0.2) is 18.2 Å². The van der Waals surface area contributed by atoms with Crippen molar-refractivity contribution in [3.05, 3.63) is 23.8 Å². The Balaban J connectivity index is 2.75. The second-order valence-electron chi connectivity index (χ2n) is 4.52. The monoisotopic (exact) mass is 267 g/mol. The fourth-order valence-electron chi connectivity index (χ4n) is 1.62. The molecule has 4 heteroatoms. The van der Waals surface area contributed by atoms with Gasteiger partial charge in [0.15, 0.2) is 0 Å². The van der Waals surface area contributed by atoms with Gasteiger partial charge < -0.3 is 19.9 Å². The molecule has 0 aromatic heterocycles. The fraction of sp³-hybridized carbons (Fsp3) is 0.600. The van der Waals surface area contributed by atoms with E-state index in [1.165, 1.54) is 0 Å². The molecule has 0 bridgehead atoms. The summed E-state index contributed by atoms with van der Waals surface area (Å²) < 4.78 is 11.3. The van der Waals surface area contributed by atoms with Crippen molar-refractivity contribution in [2.75, 3.05) is 20.3 Å². The van der Waals surface area contributed by atoms with Crippen molar-refractivity contribution in [2.45, 2.75) is 39.3 Å². The molecule has 4 nitrogen and oxygen atoms in total. The lowest BCUT2D eigenvalue weighted by atomic mass is 10.2. The van der Waals surface area contributed by atoms with Crippen molar-refractivity contribution >= 4 is 0 Å². The summed E-state index contributed by atoms with van der Waals surface area (Å²) in [5.74, 6) is 1.58. The second-order valence-corrected chi connectivity index (χ2v) is 4.52. The summed E-state index contributed by atoms with van der Waals surface area (Å²) in [6.45, 7) is 5.74. The highest BCUT2D eigenvalue weighted by atomic mass is 16.5. The number of aliphatic hydroxyl groups excluding tert-OH is 1. The Bertz CT molecular complexity index is 368. The SMILES string of the molecule is CCCOc1ccc(CNC)c(OCC(O)CC)c1. The average Bonchev–Trinajstić information content (AvgIpc) is 2.44. The van der Waals surface area contributed by atoms with Crippen LogP contribution in [0.1, 0.15) is 32.3 Å². The van der Waals surface area contributed by atoms with Crippen LogP contribution in [0, 0.1) is 0 Å². The number of aliphatic hydroxyl groups is 1. The van der Waals surface area contributed by atoms with Gasteiger partial charge in [0.1, 0.15) is 18.1 Å². The van der Waals surface area contributed by atoms with E-state index < -0.39 is 6.10 Å². The third-order valence-electron chi connectivity index (χ3n) is 2.78. The number of nitrogens with one attached hydrogen (secondary N) is 1. The van der Waals surface area contributed by atoms with Crippen LogP contribution in [0.3, 0.4) is 0 Å². The molecule has 0 heterocycles. The predicted molar refractivity (Wildman–Crippen MR) is 76.8 cm³/mol. The molecule has 1 rings (SSSR count). The summed E-state index contributed by atoms with van der Waals surface area (Å²) in [7, 11) is 1.90. The van der Waals surface area contributed by atoms with Crippen molar-refractivity contribution in [1.29, 1.82) is 0 Å². The highest BCUT2D eigenvalue weighted by Crippen LogP contribution is 2.25. The van der Waals surface area contributed by atoms with Crippen molar-refractivity contribution < 1.29 is 14.6 Å². The lowest BCUT2D eigenvalue weighted by Crippen LogP contribution is -2.17. The molecule has 0 saturated heterocycles. The van der Waals surface area contributed by atoms with Crippen LogP contribution in [-0.4, -0.2) is 31.5 Å². The molecule has 0 aliphatic carbocycles. The van der Waals surface area contributed by atoms with E-state index in [-0.39, 0.29) is 0 Å². The van der Waals surface area contributed by atoms with Gasteiger partial charge in [-0.25, -0.2) is 0 Å². The number of ether oxygens (including phenoxy) is 2. The molecule has 0 radical (unpaired) electrons. The van der Waals surface area contributed by atoms with Gasteiger partial charge in [0.25, 0.3) is 0 Å². The predicted octanol–water partition coefficient (Wildman–Crippen LogP) is 2.34. The molecule has 19 heavy (non-hydrogen) atoms. The first-order valence-electron chi connectivity index (χ1n) is 6.92. The van der Waals surface area contributed by atoms with Crippen molar-refractivity contribution in [2.24, 2.45) is 0 Å². The zero-order valence-electron chi connectivity index (χ0n) is 12.1. The van der Waals surface area contributed by atoms with E-state index in [0.717, 1.165) is 30.0 Å². The first-order valence-corrected chi connectivity index (χ1v) is 6.92. The van der Waals surface area contributed by atoms with E-state index in [0.29, 0.717) is 19.6 Å². The van der Waals surface area contributed by atoms with Crippen LogP contribution in [0.25, 0.3) is 0 Å². The maximum atomic E-state index is 9.58. The highest BCUT2D eigenvalue weighted by Gasteiger charge is 2.08. The molecule has 0 amide bonds. The first-order chi connectivity index (χ1) is 9.21. The van der Waals surface area contributed by atoms with Gasteiger partial charge in [0.2, 0.25) is 0 Å². The summed E-state index contributed by atoms with van der Waals surface area (Å²) in [4.78, 5) is 0. The molecule has 0 aliphatic rings. The Morgan fingerprint density at radius 3 is 2.68 bits per heavy atom. The van der Waals surface area contributed by atoms with Gasteiger partial charge in [-0.3, -0.25) is 0 Å². The Kier molecular flexibility index (Phi) is 7.30. The van der Waals surface area contributed by atoms with Gasteiger partial charge in [-0.2, -0.15) is 0 Å². The highest BCUT2D eigenvalue weighted by molar-refractivity contribution is 5.40. The van der Waals surface area contributed by atoms with E-state index in [1.54, 1.807) is 0 Å². The maximum absolute atomic E-state index is 9.58. The van der Waals surface area contributed by atoms with Gasteiger partial charge in [0.05, 0.1) is 12.7 Å².